The first-order valence-electron chi connectivity index (χ1n) is 16.5. The lowest BCUT2D eigenvalue weighted by molar-refractivity contribution is -0.956. The zero-order chi connectivity index (χ0) is 31.4. The van der Waals surface area contributed by atoms with Gasteiger partial charge in [-0.1, -0.05) is 93.3 Å². The van der Waals surface area contributed by atoms with E-state index in [9.17, 15) is 9.59 Å². The molecule has 3 aliphatic heterocycles. The number of nitrogens with zero attached hydrogens (tertiary/aromatic N) is 1. The summed E-state index contributed by atoms with van der Waals surface area (Å²) in [6, 6.07) is 20.2. The van der Waals surface area contributed by atoms with Gasteiger partial charge in [-0.05, 0) is 24.5 Å². The Morgan fingerprint density at radius 2 is 1.43 bits per heavy atom. The molecule has 0 saturated carbocycles. The Hall–Kier alpha value is -3.23. The fraction of sp³-hybridized carbons (Fsp3) is 0.583. The minimum Gasteiger partial charge on any atom is -0.554 e. The molecule has 3 aliphatic rings. The minimum absolute atomic E-state index is 0.138. The average molecular weight is 608 g/mol. The van der Waals surface area contributed by atoms with Gasteiger partial charge in [0, 0.05) is 51.4 Å². The van der Waals surface area contributed by atoms with Crippen LogP contribution in [0.1, 0.15) is 102 Å². The zero-order valence-electron chi connectivity index (χ0n) is 26.4. The van der Waals surface area contributed by atoms with Crippen LogP contribution >= 0.6 is 0 Å². The average Bonchev–Trinajstić information content (AvgIpc) is 3.57. The van der Waals surface area contributed by atoms with Gasteiger partial charge in [0.25, 0.3) is 0 Å². The molecule has 8 nitrogen and oxygen atoms in total. The van der Waals surface area contributed by atoms with Crippen LogP contribution < -0.4 is 5.11 Å². The molecule has 3 atom stereocenters. The molecule has 8 heteroatoms. The van der Waals surface area contributed by atoms with E-state index in [4.69, 9.17) is 24.1 Å². The van der Waals surface area contributed by atoms with Gasteiger partial charge in [0.15, 0.2) is 0 Å². The van der Waals surface area contributed by atoms with Crippen molar-refractivity contribution in [1.82, 2.24) is 0 Å². The molecule has 3 unspecified atom stereocenters. The molecule has 1 spiro atoms. The van der Waals surface area contributed by atoms with Crippen LogP contribution in [0, 0.1) is 0 Å². The van der Waals surface area contributed by atoms with Crippen LogP contribution in [-0.4, -0.2) is 60.5 Å². The summed E-state index contributed by atoms with van der Waals surface area (Å²) in [5.74, 6) is -0.738. The van der Waals surface area contributed by atoms with Crippen molar-refractivity contribution in [2.75, 3.05) is 13.1 Å². The highest BCUT2D eigenvalue weighted by molar-refractivity contribution is 5.86. The molecular weight excluding hydrogens is 558 g/mol. The van der Waals surface area contributed by atoms with Gasteiger partial charge in [-0.25, -0.2) is 4.79 Å². The summed E-state index contributed by atoms with van der Waals surface area (Å²) in [5.41, 5.74) is -0.222. The number of carbonyl (C=O) groups excluding carboxylic acids is 3. The van der Waals surface area contributed by atoms with Crippen LogP contribution in [0.25, 0.3) is 0 Å². The van der Waals surface area contributed by atoms with Crippen molar-refractivity contribution in [2.24, 2.45) is 0 Å². The van der Waals surface area contributed by atoms with E-state index in [0.29, 0.717) is 29.6 Å². The predicted octanol–water partition coefficient (Wildman–Crippen LogP) is 5.41. The molecule has 5 rings (SSSR count). The first kappa shape index (κ1) is 33.7. The van der Waals surface area contributed by atoms with E-state index in [1.165, 1.54) is 49.7 Å². The monoisotopic (exact) mass is 607 g/mol. The van der Waals surface area contributed by atoms with Gasteiger partial charge in [-0.15, -0.1) is 0 Å². The van der Waals surface area contributed by atoms with Crippen LogP contribution in [0.5, 0.6) is 0 Å². The molecule has 0 radical (unpaired) electrons. The number of quaternary nitrogens is 1. The second kappa shape index (κ2) is 16.2. The molecule has 3 saturated heterocycles. The number of carbonyl (C=O) groups is 3. The van der Waals surface area contributed by atoms with E-state index in [1.807, 2.05) is 60.7 Å². The molecule has 0 amide bonds. The van der Waals surface area contributed by atoms with E-state index in [1.54, 1.807) is 6.92 Å². The normalized spacial score (nSPS) is 22.5. The summed E-state index contributed by atoms with van der Waals surface area (Å²) in [7, 11) is 0. The van der Waals surface area contributed by atoms with Crippen LogP contribution in [0.2, 0.25) is 0 Å². The molecular formula is C36H49NO7. The van der Waals surface area contributed by atoms with Crippen molar-refractivity contribution >= 4 is 18.4 Å². The number of piperidine rings is 1. The van der Waals surface area contributed by atoms with Gasteiger partial charge in [-0.3, -0.25) is 4.79 Å². The van der Waals surface area contributed by atoms with Crippen LogP contribution in [0.3, 0.4) is 0 Å². The van der Waals surface area contributed by atoms with Gasteiger partial charge >= 0.3 is 11.9 Å². The van der Waals surface area contributed by atoms with Crippen molar-refractivity contribution in [3.63, 3.8) is 0 Å². The van der Waals surface area contributed by atoms with Gasteiger partial charge in [-0.2, -0.15) is 0 Å². The Bertz CT molecular complexity index is 1130. The van der Waals surface area contributed by atoms with E-state index in [-0.39, 0.29) is 12.1 Å². The SMILES string of the molecule is CCCCCCCC(=O)OC(C)OC(C(=O)OC1CC2CCC(C1)[N+]21CCCC1)(c1ccccc1)c1ccccc1.O=C[O-]. The fourth-order valence-electron chi connectivity index (χ4n) is 7.86. The largest absolute Gasteiger partial charge is 0.554 e. The first-order chi connectivity index (χ1) is 21.4. The fourth-order valence-corrected chi connectivity index (χ4v) is 7.86. The number of rotatable bonds is 13. The van der Waals surface area contributed by atoms with Crippen molar-refractivity contribution in [3.05, 3.63) is 71.8 Å². The lowest BCUT2D eigenvalue weighted by atomic mass is 9.85. The highest BCUT2D eigenvalue weighted by Gasteiger charge is 2.57. The van der Waals surface area contributed by atoms with Crippen molar-refractivity contribution in [1.29, 1.82) is 0 Å². The number of benzene rings is 2. The highest BCUT2D eigenvalue weighted by atomic mass is 16.7. The number of hydrogen-bond acceptors (Lipinski definition) is 7. The Kier molecular flexibility index (Phi) is 12.4. The van der Waals surface area contributed by atoms with Gasteiger partial charge in [0.05, 0.1) is 25.2 Å². The Labute approximate surface area is 262 Å². The lowest BCUT2D eigenvalue weighted by Gasteiger charge is -2.47. The number of esters is 2. The third kappa shape index (κ3) is 7.70. The molecule has 0 N–H and O–H groups in total. The van der Waals surface area contributed by atoms with Gasteiger partial charge in [0.2, 0.25) is 11.9 Å². The molecule has 44 heavy (non-hydrogen) atoms. The van der Waals surface area contributed by atoms with E-state index in [0.717, 1.165) is 38.5 Å². The third-order valence-electron chi connectivity index (χ3n) is 9.80. The standard InChI is InChI=1S/C35H48NO5.CH2O2/c1-3-4-5-6-13-20-33(37)39-27(2)41-35(28-16-9-7-10-17-28,29-18-11-8-12-19-29)34(38)40-32-25-30-21-22-31(26-32)36(30)23-14-15-24-36;2-1-3/h7-12,16-19,27,30-32H,3-6,13-15,20-26H2,1-2H3;1H,(H,2,3)/q+1;/p-1. The Balaban J connectivity index is 0.00000141. The third-order valence-corrected chi connectivity index (χ3v) is 9.80. The maximum atomic E-state index is 14.5. The summed E-state index contributed by atoms with van der Waals surface area (Å²) in [5, 5.41) is 8.25. The molecule has 0 aliphatic carbocycles. The first-order valence-corrected chi connectivity index (χ1v) is 16.5. The van der Waals surface area contributed by atoms with Crippen LogP contribution in [0.4, 0.5) is 0 Å². The molecule has 2 aromatic carbocycles. The summed E-state index contributed by atoms with van der Waals surface area (Å²) in [6.07, 6.45) is 11.4. The topological polar surface area (TPSA) is 102 Å². The summed E-state index contributed by atoms with van der Waals surface area (Å²) in [4.78, 5) is 35.4. The van der Waals surface area contributed by atoms with Gasteiger partial charge in [0.1, 0.15) is 6.10 Å². The van der Waals surface area contributed by atoms with Crippen molar-refractivity contribution in [2.45, 2.75) is 121 Å². The highest BCUT2D eigenvalue weighted by Crippen LogP contribution is 2.47. The zero-order valence-corrected chi connectivity index (χ0v) is 26.4. The maximum Gasteiger partial charge on any atom is 0.348 e. The predicted molar refractivity (Wildman–Crippen MR) is 165 cm³/mol. The molecule has 240 valence electrons. The van der Waals surface area contributed by atoms with E-state index >= 15 is 0 Å². The molecule has 2 aromatic rings. The van der Waals surface area contributed by atoms with Crippen LogP contribution in [-0.2, 0) is 34.2 Å². The van der Waals surface area contributed by atoms with Crippen molar-refractivity contribution < 1.29 is 38.2 Å². The second-order valence-corrected chi connectivity index (χ2v) is 12.5. The molecule has 2 bridgehead atoms. The number of hydrogen-bond donors (Lipinski definition) is 0. The molecule has 3 fully saturated rings. The van der Waals surface area contributed by atoms with Crippen LogP contribution in [0.15, 0.2) is 60.7 Å². The van der Waals surface area contributed by atoms with Gasteiger partial charge < -0.3 is 28.6 Å². The van der Waals surface area contributed by atoms with Crippen molar-refractivity contribution in [3.8, 4) is 0 Å². The minimum atomic E-state index is -1.56. The number of unbranched alkanes of at least 4 members (excludes halogenated alkanes) is 4. The second-order valence-electron chi connectivity index (χ2n) is 12.5. The Morgan fingerprint density at radius 1 is 0.909 bits per heavy atom. The molecule has 3 heterocycles. The summed E-state index contributed by atoms with van der Waals surface area (Å²) in [6.45, 7) is 5.93. The summed E-state index contributed by atoms with van der Waals surface area (Å²) >= 11 is 0. The Morgan fingerprint density at radius 3 is 1.95 bits per heavy atom. The number of carboxylic acid groups (broad SMARTS) is 1. The van der Waals surface area contributed by atoms with E-state index in [2.05, 4.69) is 6.92 Å². The lowest BCUT2D eigenvalue weighted by Crippen LogP contribution is -2.60. The van der Waals surface area contributed by atoms with E-state index < -0.39 is 24.3 Å². The molecule has 0 aromatic heterocycles. The summed E-state index contributed by atoms with van der Waals surface area (Å²) < 4.78 is 20.0. The smallest absolute Gasteiger partial charge is 0.348 e. The quantitative estimate of drug-likeness (QED) is 0.0987. The number of ether oxygens (including phenoxy) is 3. The maximum absolute atomic E-state index is 14.5.